The molecule has 2 aromatic heterocycles. The lowest BCUT2D eigenvalue weighted by atomic mass is 9.65. The van der Waals surface area contributed by atoms with Crippen LogP contribution in [-0.4, -0.2) is 0 Å². The van der Waals surface area contributed by atoms with Crippen LogP contribution in [0.5, 0.6) is 0 Å². The van der Waals surface area contributed by atoms with Gasteiger partial charge in [0.1, 0.15) is 22.3 Å². The fourth-order valence-electron chi connectivity index (χ4n) is 13.3. The zero-order valence-electron chi connectivity index (χ0n) is 39.6. The van der Waals surface area contributed by atoms with E-state index in [4.69, 9.17) is 8.83 Å². The molecule has 0 bridgehead atoms. The van der Waals surface area contributed by atoms with Gasteiger partial charge in [-0.2, -0.15) is 0 Å². The third-order valence-corrected chi connectivity index (χ3v) is 16.2. The summed E-state index contributed by atoms with van der Waals surface area (Å²) in [6.07, 6.45) is 0. The Hall–Kier alpha value is -9.50. The molecular weight excluding hydrogens is 885 g/mol. The van der Waals surface area contributed by atoms with Crippen LogP contribution in [0.3, 0.4) is 0 Å². The van der Waals surface area contributed by atoms with Gasteiger partial charge in [-0.15, -0.1) is 0 Å². The molecule has 73 heavy (non-hydrogen) atoms. The van der Waals surface area contributed by atoms with E-state index in [2.05, 4.69) is 243 Å². The second kappa shape index (κ2) is 15.3. The molecule has 0 N–H and O–H groups in total. The lowest BCUT2D eigenvalue weighted by Gasteiger charge is -2.35. The number of benzene rings is 13. The van der Waals surface area contributed by atoms with E-state index < -0.39 is 5.41 Å². The number of rotatable bonds is 5. The molecule has 1 aliphatic carbocycles. The Morgan fingerprint density at radius 1 is 0.233 bits per heavy atom. The van der Waals surface area contributed by atoms with Gasteiger partial charge in [-0.3, -0.25) is 0 Å². The minimum atomic E-state index is -0.614. The molecule has 0 amide bonds. The summed E-state index contributed by atoms with van der Waals surface area (Å²) in [5, 5.41) is 14.1. The molecule has 0 spiro atoms. The van der Waals surface area contributed by atoms with Crippen molar-refractivity contribution in [2.45, 2.75) is 5.41 Å². The molecule has 2 nitrogen and oxygen atoms in total. The Balaban J connectivity index is 1.06. The van der Waals surface area contributed by atoms with Crippen molar-refractivity contribution in [3.63, 3.8) is 0 Å². The standard InChI is InChI=1S/C71H42O2/c1-3-18-43(19-4-1)71(44-20-5-2-6-21-44)62-35-10-7-22-51(62)56-33-17-34-59(70(56)71)67-54-31-15-27-47(45-25-13-29-52-49(45)38-40-65-68(52)57-23-8-11-36-63(57)72-65)60(54)42-61-48(28-16-32-55(61)67)46-26-14-30-53-50(46)39-41-66-69(53)58-24-9-12-37-64(58)73-66/h1-42H. The second-order valence-electron chi connectivity index (χ2n) is 19.7. The molecule has 0 fully saturated rings. The zero-order chi connectivity index (χ0) is 47.8. The van der Waals surface area contributed by atoms with Crippen LogP contribution in [0.1, 0.15) is 22.3 Å². The fourth-order valence-corrected chi connectivity index (χ4v) is 13.3. The van der Waals surface area contributed by atoms with Gasteiger partial charge in [-0.1, -0.05) is 224 Å². The summed E-state index contributed by atoms with van der Waals surface area (Å²) in [4.78, 5) is 0. The van der Waals surface area contributed by atoms with E-state index in [1.807, 2.05) is 12.1 Å². The Morgan fingerprint density at radius 2 is 0.630 bits per heavy atom. The quantitative estimate of drug-likeness (QED) is 0.161. The fraction of sp³-hybridized carbons (Fsp3) is 0.0141. The summed E-state index contributed by atoms with van der Waals surface area (Å²) in [6, 6.07) is 94.1. The van der Waals surface area contributed by atoms with Crippen molar-refractivity contribution in [1.29, 1.82) is 0 Å². The SMILES string of the molecule is c1ccc(C2(c3ccccc3)c3ccccc3-c3cccc(-c4c5cccc(-c6cccc7c6ccc6oc8ccccc8c67)c5cc5c(-c6cccc7c6ccc6oc8ccccc8c67)cccc45)c32)cc1. The normalized spacial score (nSPS) is 13.0. The molecule has 2 heteroatoms. The van der Waals surface area contributed by atoms with E-state index in [1.165, 1.54) is 110 Å². The summed E-state index contributed by atoms with van der Waals surface area (Å²) < 4.78 is 12.9. The molecule has 338 valence electrons. The van der Waals surface area contributed by atoms with Crippen LogP contribution in [0.15, 0.2) is 264 Å². The summed E-state index contributed by atoms with van der Waals surface area (Å²) in [5.41, 5.74) is 17.8. The first kappa shape index (κ1) is 40.3. The van der Waals surface area contributed by atoms with Crippen molar-refractivity contribution in [3.8, 4) is 44.5 Å². The van der Waals surface area contributed by atoms with E-state index in [0.29, 0.717) is 0 Å². The van der Waals surface area contributed by atoms with Crippen molar-refractivity contribution < 1.29 is 8.83 Å². The second-order valence-corrected chi connectivity index (χ2v) is 19.7. The lowest BCUT2D eigenvalue weighted by Crippen LogP contribution is -2.29. The molecule has 0 unspecified atom stereocenters. The molecule has 0 radical (unpaired) electrons. The molecule has 16 rings (SSSR count). The van der Waals surface area contributed by atoms with Crippen molar-refractivity contribution >= 4 is 87.0 Å². The third-order valence-electron chi connectivity index (χ3n) is 16.2. The van der Waals surface area contributed by atoms with Gasteiger partial charge in [0.05, 0.1) is 5.41 Å². The largest absolute Gasteiger partial charge is 0.456 e. The molecular formula is C71H42O2. The average molecular weight is 927 g/mol. The minimum absolute atomic E-state index is 0.614. The van der Waals surface area contributed by atoms with Gasteiger partial charge in [0, 0.05) is 21.5 Å². The van der Waals surface area contributed by atoms with E-state index >= 15 is 0 Å². The van der Waals surface area contributed by atoms with Crippen LogP contribution in [0.25, 0.3) is 131 Å². The summed E-state index contributed by atoms with van der Waals surface area (Å²) in [5.74, 6) is 0. The van der Waals surface area contributed by atoms with Gasteiger partial charge in [-0.05, 0) is 140 Å². The first-order chi connectivity index (χ1) is 36.2. The van der Waals surface area contributed by atoms with Gasteiger partial charge in [0.2, 0.25) is 0 Å². The Kier molecular flexibility index (Phi) is 8.41. The van der Waals surface area contributed by atoms with Gasteiger partial charge in [0.25, 0.3) is 0 Å². The summed E-state index contributed by atoms with van der Waals surface area (Å²) in [6.45, 7) is 0. The van der Waals surface area contributed by atoms with Crippen molar-refractivity contribution in [2.75, 3.05) is 0 Å². The highest BCUT2D eigenvalue weighted by Gasteiger charge is 2.47. The zero-order valence-corrected chi connectivity index (χ0v) is 39.6. The van der Waals surface area contributed by atoms with Gasteiger partial charge in [-0.25, -0.2) is 0 Å². The highest BCUT2D eigenvalue weighted by atomic mass is 16.3. The maximum absolute atomic E-state index is 6.45. The average Bonchev–Trinajstić information content (AvgIpc) is 4.14. The van der Waals surface area contributed by atoms with Gasteiger partial charge < -0.3 is 8.83 Å². The van der Waals surface area contributed by atoms with E-state index in [-0.39, 0.29) is 0 Å². The number of hydrogen-bond acceptors (Lipinski definition) is 2. The highest BCUT2D eigenvalue weighted by molar-refractivity contribution is 6.26. The van der Waals surface area contributed by atoms with E-state index in [0.717, 1.165) is 43.9 Å². The van der Waals surface area contributed by atoms with Crippen LogP contribution in [0.2, 0.25) is 0 Å². The Labute approximate surface area is 420 Å². The van der Waals surface area contributed by atoms with Crippen molar-refractivity contribution in [1.82, 2.24) is 0 Å². The predicted octanol–water partition coefficient (Wildman–Crippen LogP) is 19.5. The van der Waals surface area contributed by atoms with E-state index in [9.17, 15) is 0 Å². The molecule has 0 saturated carbocycles. The molecule has 0 aliphatic heterocycles. The number of fused-ring (bicyclic) bond motifs is 15. The maximum Gasteiger partial charge on any atom is 0.136 e. The third kappa shape index (κ3) is 5.52. The van der Waals surface area contributed by atoms with Crippen molar-refractivity contribution in [2.24, 2.45) is 0 Å². The topological polar surface area (TPSA) is 26.3 Å². The molecule has 0 saturated heterocycles. The van der Waals surface area contributed by atoms with Crippen LogP contribution in [0, 0.1) is 0 Å². The molecule has 13 aromatic carbocycles. The molecule has 1 aliphatic rings. The minimum Gasteiger partial charge on any atom is -0.456 e. The Morgan fingerprint density at radius 3 is 1.18 bits per heavy atom. The van der Waals surface area contributed by atoms with Gasteiger partial charge in [0.15, 0.2) is 0 Å². The number of hydrogen-bond donors (Lipinski definition) is 0. The summed E-state index contributed by atoms with van der Waals surface area (Å²) in [7, 11) is 0. The smallest absolute Gasteiger partial charge is 0.136 e. The lowest BCUT2D eigenvalue weighted by molar-refractivity contribution is 0.669. The molecule has 15 aromatic rings. The van der Waals surface area contributed by atoms with Gasteiger partial charge >= 0.3 is 0 Å². The van der Waals surface area contributed by atoms with E-state index in [1.54, 1.807) is 0 Å². The number of para-hydroxylation sites is 2. The van der Waals surface area contributed by atoms with Crippen molar-refractivity contribution in [3.05, 3.63) is 277 Å². The number of furan rings is 2. The summed E-state index contributed by atoms with van der Waals surface area (Å²) >= 11 is 0. The predicted molar refractivity (Wildman–Crippen MR) is 305 cm³/mol. The van der Waals surface area contributed by atoms with Crippen LogP contribution in [0.4, 0.5) is 0 Å². The highest BCUT2D eigenvalue weighted by Crippen LogP contribution is 2.60. The first-order valence-electron chi connectivity index (χ1n) is 25.2. The van der Waals surface area contributed by atoms with Crippen LogP contribution < -0.4 is 0 Å². The molecule has 2 heterocycles. The van der Waals surface area contributed by atoms with Crippen LogP contribution >= 0.6 is 0 Å². The monoisotopic (exact) mass is 926 g/mol. The Bertz CT molecular complexity index is 4530. The maximum atomic E-state index is 6.45. The first-order valence-corrected chi connectivity index (χ1v) is 25.2. The van der Waals surface area contributed by atoms with Crippen LogP contribution in [-0.2, 0) is 5.41 Å². The molecule has 0 atom stereocenters.